The second kappa shape index (κ2) is 11.6. The monoisotopic (exact) mass is 562 g/mol. The van der Waals surface area contributed by atoms with Crippen molar-refractivity contribution >= 4 is 23.9 Å². The zero-order valence-electron chi connectivity index (χ0n) is 25.4. The summed E-state index contributed by atoms with van der Waals surface area (Å²) in [6.07, 6.45) is 5.91. The van der Waals surface area contributed by atoms with Crippen molar-refractivity contribution in [2.75, 3.05) is 0 Å². The van der Waals surface area contributed by atoms with Crippen LogP contribution in [0.25, 0.3) is 0 Å². The van der Waals surface area contributed by atoms with E-state index in [1.54, 1.807) is 0 Å². The molecular weight excluding hydrogens is 512 g/mol. The van der Waals surface area contributed by atoms with Crippen molar-refractivity contribution in [1.82, 2.24) is 0 Å². The number of rotatable bonds is 8. The van der Waals surface area contributed by atoms with Gasteiger partial charge < -0.3 is 19.3 Å². The quantitative estimate of drug-likeness (QED) is 0.292. The fourth-order valence-electron chi connectivity index (χ4n) is 10.5. The number of aliphatic carboxylic acids is 1. The van der Waals surface area contributed by atoms with Gasteiger partial charge >= 0.3 is 23.9 Å². The summed E-state index contributed by atoms with van der Waals surface area (Å²) in [4.78, 5) is 48.4. The molecule has 0 amide bonds. The maximum absolute atomic E-state index is 12.6. The number of hydrogen-bond donors (Lipinski definition) is 1. The highest BCUT2D eigenvalue weighted by molar-refractivity contribution is 5.67. The van der Waals surface area contributed by atoms with Crippen molar-refractivity contribution in [3.8, 4) is 0 Å². The number of carbonyl (C=O) groups is 4. The average molecular weight is 563 g/mol. The molecule has 5 unspecified atom stereocenters. The molecule has 4 saturated carbocycles. The lowest BCUT2D eigenvalue weighted by Gasteiger charge is -2.66. The van der Waals surface area contributed by atoms with Gasteiger partial charge in [-0.05, 0) is 91.8 Å². The topological polar surface area (TPSA) is 116 Å². The van der Waals surface area contributed by atoms with Crippen LogP contribution in [0, 0.1) is 52.3 Å². The van der Waals surface area contributed by atoms with Crippen LogP contribution < -0.4 is 0 Å². The van der Waals surface area contributed by atoms with Crippen molar-refractivity contribution in [2.45, 2.75) is 125 Å². The van der Waals surface area contributed by atoms with Crippen LogP contribution in [0.5, 0.6) is 0 Å². The van der Waals surface area contributed by atoms with Crippen LogP contribution in [-0.2, 0) is 33.4 Å². The highest BCUT2D eigenvalue weighted by atomic mass is 16.6. The predicted molar refractivity (Wildman–Crippen MR) is 148 cm³/mol. The number of carbonyl (C=O) groups excluding carboxylic acids is 3. The summed E-state index contributed by atoms with van der Waals surface area (Å²) in [5.41, 5.74) is -0.318. The first-order valence-corrected chi connectivity index (χ1v) is 15.5. The van der Waals surface area contributed by atoms with Gasteiger partial charge in [0.1, 0.15) is 18.3 Å². The molecule has 8 heteroatoms. The van der Waals surface area contributed by atoms with Gasteiger partial charge in [0.15, 0.2) is 0 Å². The summed E-state index contributed by atoms with van der Waals surface area (Å²) < 4.78 is 18.2. The molecule has 226 valence electrons. The SMILES string of the molecule is CC[C@H]1[C@@H](OC(C)=O)C2C3CC[C@H]([C@H](C)CCC(=O)O)C3(C)CC(OC(C)=O)C2[C@@]2(C)CC[C@@H](OC(C)=O)C[C@@H]12. The number of hydrogen-bond acceptors (Lipinski definition) is 7. The van der Waals surface area contributed by atoms with Crippen molar-refractivity contribution in [2.24, 2.45) is 52.3 Å². The van der Waals surface area contributed by atoms with Gasteiger partial charge in [0, 0.05) is 39.0 Å². The molecule has 0 radical (unpaired) electrons. The maximum Gasteiger partial charge on any atom is 0.303 e. The zero-order valence-corrected chi connectivity index (χ0v) is 25.4. The van der Waals surface area contributed by atoms with Gasteiger partial charge in [-0.1, -0.05) is 27.7 Å². The first kappa shape index (κ1) is 30.8. The highest BCUT2D eigenvalue weighted by Gasteiger charge is 2.69. The Kier molecular flexibility index (Phi) is 8.97. The minimum Gasteiger partial charge on any atom is -0.481 e. The first-order valence-electron chi connectivity index (χ1n) is 15.5. The number of fused-ring (bicyclic) bond motifs is 5. The van der Waals surface area contributed by atoms with E-state index in [1.165, 1.54) is 20.8 Å². The smallest absolute Gasteiger partial charge is 0.303 e. The minimum absolute atomic E-state index is 0.0259. The van der Waals surface area contributed by atoms with E-state index in [-0.39, 0.29) is 89.0 Å². The van der Waals surface area contributed by atoms with Crippen LogP contribution in [0.15, 0.2) is 0 Å². The van der Waals surface area contributed by atoms with Crippen LogP contribution in [0.2, 0.25) is 0 Å². The number of esters is 3. The van der Waals surface area contributed by atoms with Gasteiger partial charge in [-0.3, -0.25) is 19.2 Å². The second-order valence-corrected chi connectivity index (χ2v) is 13.9. The van der Waals surface area contributed by atoms with Gasteiger partial charge in [0.05, 0.1) is 0 Å². The van der Waals surface area contributed by atoms with E-state index in [0.717, 1.165) is 44.9 Å². The molecule has 0 spiro atoms. The van der Waals surface area contributed by atoms with Gasteiger partial charge in [0.2, 0.25) is 0 Å². The molecule has 8 nitrogen and oxygen atoms in total. The Morgan fingerprint density at radius 2 is 1.55 bits per heavy atom. The van der Waals surface area contributed by atoms with E-state index in [4.69, 9.17) is 14.2 Å². The Hall–Kier alpha value is -2.12. The molecule has 4 rings (SSSR count). The summed E-state index contributed by atoms with van der Waals surface area (Å²) in [6.45, 7) is 13.4. The summed E-state index contributed by atoms with van der Waals surface area (Å²) in [5, 5.41) is 9.34. The molecule has 0 aliphatic heterocycles. The minimum atomic E-state index is -0.774. The van der Waals surface area contributed by atoms with Crippen molar-refractivity contribution < 1.29 is 38.5 Å². The number of carboxylic acids is 1. The fraction of sp³-hybridized carbons (Fsp3) is 0.875. The lowest BCUT2D eigenvalue weighted by Crippen LogP contribution is -2.67. The fourth-order valence-corrected chi connectivity index (χ4v) is 10.5. The highest BCUT2D eigenvalue weighted by Crippen LogP contribution is 2.70. The van der Waals surface area contributed by atoms with Gasteiger partial charge in [-0.25, -0.2) is 0 Å². The first-order chi connectivity index (χ1) is 18.7. The Balaban J connectivity index is 1.80. The van der Waals surface area contributed by atoms with Crippen LogP contribution in [0.3, 0.4) is 0 Å². The summed E-state index contributed by atoms with van der Waals surface area (Å²) in [5.74, 6) is -0.486. The Morgan fingerprint density at radius 3 is 2.12 bits per heavy atom. The summed E-state index contributed by atoms with van der Waals surface area (Å²) in [7, 11) is 0. The third-order valence-corrected chi connectivity index (χ3v) is 11.8. The molecule has 0 heterocycles. The summed E-state index contributed by atoms with van der Waals surface area (Å²) >= 11 is 0. The lowest BCUT2D eigenvalue weighted by molar-refractivity contribution is -0.248. The van der Waals surface area contributed by atoms with E-state index in [9.17, 15) is 24.3 Å². The van der Waals surface area contributed by atoms with E-state index in [1.807, 2.05) is 0 Å². The van der Waals surface area contributed by atoms with Crippen molar-refractivity contribution in [3.05, 3.63) is 0 Å². The molecule has 0 bridgehead atoms. The van der Waals surface area contributed by atoms with E-state index >= 15 is 0 Å². The van der Waals surface area contributed by atoms with Crippen LogP contribution in [-0.4, -0.2) is 47.3 Å². The maximum atomic E-state index is 12.6. The molecule has 1 N–H and O–H groups in total. The van der Waals surface area contributed by atoms with Gasteiger partial charge in [-0.2, -0.15) is 0 Å². The molecule has 40 heavy (non-hydrogen) atoms. The molecule has 0 saturated heterocycles. The third kappa shape index (κ3) is 5.53. The number of ether oxygens (including phenoxy) is 3. The van der Waals surface area contributed by atoms with Crippen LogP contribution in [0.1, 0.15) is 106 Å². The molecule has 0 aromatic carbocycles. The van der Waals surface area contributed by atoms with Crippen LogP contribution in [0.4, 0.5) is 0 Å². The zero-order chi connectivity index (χ0) is 29.6. The van der Waals surface area contributed by atoms with E-state index in [0.29, 0.717) is 12.3 Å². The van der Waals surface area contributed by atoms with Crippen molar-refractivity contribution in [1.29, 1.82) is 0 Å². The van der Waals surface area contributed by atoms with E-state index in [2.05, 4.69) is 27.7 Å². The summed E-state index contributed by atoms with van der Waals surface area (Å²) in [6, 6.07) is 0. The normalized spacial score (nSPS) is 42.9. The van der Waals surface area contributed by atoms with Crippen LogP contribution >= 0.6 is 0 Å². The molecule has 4 fully saturated rings. The lowest BCUT2D eigenvalue weighted by atomic mass is 9.40. The predicted octanol–water partition coefficient (Wildman–Crippen LogP) is 5.80. The Morgan fingerprint density at radius 1 is 0.900 bits per heavy atom. The average Bonchev–Trinajstić information content (AvgIpc) is 3.18. The Labute approximate surface area is 239 Å². The number of carboxylic acid groups (broad SMARTS) is 1. The second-order valence-electron chi connectivity index (χ2n) is 13.9. The molecule has 0 aromatic rings. The largest absolute Gasteiger partial charge is 0.481 e. The molecular formula is C32H50O8. The standard InChI is InChI=1S/C32H50O8/c1-8-22-25-15-21(38-18(3)33)13-14-31(25,6)29-26(39-19(4)34)16-32(7)23(17(2)9-12-27(36)37)10-11-24(32)28(29)30(22)40-20(5)35/h17,21-26,28-30H,8-16H2,1-7H3,(H,36,37)/t17-,21-,22-,23-,24?,25+,26?,28?,29?,30-,31+,32?/m1/s1. The molecule has 4 aliphatic carbocycles. The van der Waals surface area contributed by atoms with Gasteiger partial charge in [0.25, 0.3) is 0 Å². The van der Waals surface area contributed by atoms with Crippen molar-refractivity contribution in [3.63, 3.8) is 0 Å². The molecule has 4 aliphatic rings. The third-order valence-electron chi connectivity index (χ3n) is 11.8. The van der Waals surface area contributed by atoms with E-state index < -0.39 is 5.97 Å². The molecule has 0 aromatic heterocycles. The van der Waals surface area contributed by atoms with Gasteiger partial charge in [-0.15, -0.1) is 0 Å². The molecule has 12 atom stereocenters. The Bertz CT molecular complexity index is 993.